The highest BCUT2D eigenvalue weighted by molar-refractivity contribution is 9.08. The predicted molar refractivity (Wildman–Crippen MR) is 60.2 cm³/mol. The van der Waals surface area contributed by atoms with Gasteiger partial charge in [-0.05, 0) is 24.5 Å². The summed E-state index contributed by atoms with van der Waals surface area (Å²) in [4.78, 5) is 15.9. The molecule has 0 bridgehead atoms. The van der Waals surface area contributed by atoms with Crippen molar-refractivity contribution in [3.05, 3.63) is 29.1 Å². The van der Waals surface area contributed by atoms with Gasteiger partial charge < -0.3 is 4.74 Å². The zero-order valence-electron chi connectivity index (χ0n) is 8.50. The maximum Gasteiger partial charge on any atom is 0.338 e. The molecule has 0 spiro atoms. The minimum Gasteiger partial charge on any atom is -0.465 e. The molecule has 0 aromatic carbocycles. The number of methoxy groups -OCH3 is 1. The summed E-state index contributed by atoms with van der Waals surface area (Å²) in [5.74, 6) is 0.260. The van der Waals surface area contributed by atoms with Crippen molar-refractivity contribution < 1.29 is 9.53 Å². The first-order chi connectivity index (χ1) is 7.27. The molecule has 1 aliphatic rings. The van der Waals surface area contributed by atoms with Crippen LogP contribution in [0.3, 0.4) is 0 Å². The van der Waals surface area contributed by atoms with Crippen molar-refractivity contribution in [3.8, 4) is 0 Å². The third-order valence-electron chi connectivity index (χ3n) is 2.59. The molecular weight excluding hydrogens is 258 g/mol. The minimum atomic E-state index is -0.284. The number of ether oxygens (including phenoxy) is 1. The highest BCUT2D eigenvalue weighted by atomic mass is 79.9. The van der Waals surface area contributed by atoms with E-state index < -0.39 is 0 Å². The normalized spacial score (nSPS) is 15.1. The van der Waals surface area contributed by atoms with Crippen LogP contribution in [0.15, 0.2) is 12.3 Å². The van der Waals surface area contributed by atoms with Crippen LogP contribution >= 0.6 is 15.9 Å². The maximum absolute atomic E-state index is 11.5. The Morgan fingerprint density at radius 3 is 2.93 bits per heavy atom. The molecular formula is C11H12BrNO2. The van der Waals surface area contributed by atoms with E-state index in [2.05, 4.69) is 20.9 Å². The molecule has 80 valence electrons. The predicted octanol–water partition coefficient (Wildman–Crippen LogP) is 2.64. The number of rotatable bonds is 3. The van der Waals surface area contributed by atoms with Gasteiger partial charge in [-0.2, -0.15) is 0 Å². The number of nitrogens with zero attached hydrogens (tertiary/aromatic N) is 1. The van der Waals surface area contributed by atoms with Crippen LogP contribution in [0.25, 0.3) is 0 Å². The Bertz CT molecular complexity index is 388. The van der Waals surface area contributed by atoms with Crippen molar-refractivity contribution >= 4 is 21.9 Å². The van der Waals surface area contributed by atoms with Crippen molar-refractivity contribution in [1.82, 2.24) is 4.98 Å². The molecule has 0 N–H and O–H groups in total. The summed E-state index contributed by atoms with van der Waals surface area (Å²) >= 11 is 3.40. The lowest BCUT2D eigenvalue weighted by Crippen LogP contribution is -2.08. The van der Waals surface area contributed by atoms with E-state index in [-0.39, 0.29) is 5.97 Å². The average molecular weight is 270 g/mol. The van der Waals surface area contributed by atoms with Gasteiger partial charge in [-0.15, -0.1) is 0 Å². The van der Waals surface area contributed by atoms with E-state index in [1.165, 1.54) is 20.0 Å². The minimum absolute atomic E-state index is 0.284. The van der Waals surface area contributed by atoms with Gasteiger partial charge in [0.1, 0.15) is 0 Å². The summed E-state index contributed by atoms with van der Waals surface area (Å²) in [5.41, 5.74) is 2.66. The smallest absolute Gasteiger partial charge is 0.338 e. The first kappa shape index (κ1) is 10.6. The van der Waals surface area contributed by atoms with Crippen LogP contribution < -0.4 is 0 Å². The molecule has 1 aliphatic carbocycles. The van der Waals surface area contributed by atoms with E-state index in [4.69, 9.17) is 4.74 Å². The molecule has 2 rings (SSSR count). The molecule has 1 saturated carbocycles. The van der Waals surface area contributed by atoms with Gasteiger partial charge in [0.2, 0.25) is 0 Å². The SMILES string of the molecule is COC(=O)c1ccnc(C2CC2)c1CBr. The van der Waals surface area contributed by atoms with Crippen molar-refractivity contribution in [1.29, 1.82) is 0 Å². The molecule has 0 radical (unpaired) electrons. The highest BCUT2D eigenvalue weighted by Crippen LogP contribution is 2.41. The van der Waals surface area contributed by atoms with Gasteiger partial charge in [0, 0.05) is 23.1 Å². The van der Waals surface area contributed by atoms with Crippen LogP contribution in [0.4, 0.5) is 0 Å². The third-order valence-corrected chi connectivity index (χ3v) is 3.15. The number of carbonyl (C=O) groups excluding carboxylic acids is 1. The van der Waals surface area contributed by atoms with Gasteiger partial charge >= 0.3 is 5.97 Å². The fourth-order valence-corrected chi connectivity index (χ4v) is 2.25. The third kappa shape index (κ3) is 2.04. The van der Waals surface area contributed by atoms with E-state index in [0.29, 0.717) is 16.8 Å². The molecule has 0 amide bonds. The van der Waals surface area contributed by atoms with Crippen LogP contribution in [0.2, 0.25) is 0 Å². The molecule has 4 heteroatoms. The molecule has 3 nitrogen and oxygen atoms in total. The van der Waals surface area contributed by atoms with Gasteiger partial charge in [-0.25, -0.2) is 4.79 Å². The first-order valence-electron chi connectivity index (χ1n) is 4.90. The summed E-state index contributed by atoms with van der Waals surface area (Å²) in [6.45, 7) is 0. The summed E-state index contributed by atoms with van der Waals surface area (Å²) in [7, 11) is 1.40. The monoisotopic (exact) mass is 269 g/mol. The topological polar surface area (TPSA) is 39.2 Å². The molecule has 0 atom stereocenters. The number of pyridine rings is 1. The number of alkyl halides is 1. The Morgan fingerprint density at radius 1 is 1.67 bits per heavy atom. The van der Waals surface area contributed by atoms with Crippen molar-refractivity contribution in [2.45, 2.75) is 24.1 Å². The maximum atomic E-state index is 11.5. The van der Waals surface area contributed by atoms with Gasteiger partial charge in [0.05, 0.1) is 12.7 Å². The van der Waals surface area contributed by atoms with Gasteiger partial charge in [-0.1, -0.05) is 15.9 Å². The molecule has 1 aromatic rings. The van der Waals surface area contributed by atoms with E-state index >= 15 is 0 Å². The fraction of sp³-hybridized carbons (Fsp3) is 0.455. The highest BCUT2D eigenvalue weighted by Gasteiger charge is 2.29. The Labute approximate surface area is 97.0 Å². The standard InChI is InChI=1S/C11H12BrNO2/c1-15-11(14)8-4-5-13-10(7-2-3-7)9(8)6-12/h4-5,7H,2-3,6H2,1H3. The zero-order valence-corrected chi connectivity index (χ0v) is 10.1. The van der Waals surface area contributed by atoms with Crippen molar-refractivity contribution in [2.24, 2.45) is 0 Å². The van der Waals surface area contributed by atoms with Crippen LogP contribution in [0.5, 0.6) is 0 Å². The Balaban J connectivity index is 2.44. The second kappa shape index (κ2) is 4.31. The number of aromatic nitrogens is 1. The molecule has 0 saturated heterocycles. The lowest BCUT2D eigenvalue weighted by molar-refractivity contribution is 0.0599. The second-order valence-corrected chi connectivity index (χ2v) is 4.18. The summed E-state index contributed by atoms with van der Waals surface area (Å²) in [6.07, 6.45) is 4.04. The first-order valence-corrected chi connectivity index (χ1v) is 6.02. The number of hydrogen-bond acceptors (Lipinski definition) is 3. The lowest BCUT2D eigenvalue weighted by Gasteiger charge is -2.09. The second-order valence-electron chi connectivity index (χ2n) is 3.62. The van der Waals surface area contributed by atoms with Crippen molar-refractivity contribution in [2.75, 3.05) is 7.11 Å². The molecule has 1 aromatic heterocycles. The van der Waals surface area contributed by atoms with E-state index in [9.17, 15) is 4.79 Å². The Morgan fingerprint density at radius 2 is 2.40 bits per heavy atom. The average Bonchev–Trinajstić information content (AvgIpc) is 3.10. The van der Waals surface area contributed by atoms with Crippen LogP contribution in [0.1, 0.15) is 40.4 Å². The quantitative estimate of drug-likeness (QED) is 0.626. The van der Waals surface area contributed by atoms with Crippen molar-refractivity contribution in [3.63, 3.8) is 0 Å². The fourth-order valence-electron chi connectivity index (χ4n) is 1.66. The van der Waals surface area contributed by atoms with E-state index in [1.807, 2.05) is 0 Å². The Kier molecular flexibility index (Phi) is 3.05. The van der Waals surface area contributed by atoms with Crippen LogP contribution in [-0.4, -0.2) is 18.1 Å². The molecule has 0 aliphatic heterocycles. The molecule has 0 unspecified atom stereocenters. The summed E-state index contributed by atoms with van der Waals surface area (Å²) in [6, 6.07) is 1.72. The zero-order chi connectivity index (χ0) is 10.8. The van der Waals surface area contributed by atoms with Gasteiger partial charge in [0.15, 0.2) is 0 Å². The lowest BCUT2D eigenvalue weighted by atomic mass is 10.1. The van der Waals surface area contributed by atoms with Gasteiger partial charge in [0.25, 0.3) is 0 Å². The van der Waals surface area contributed by atoms with E-state index in [1.54, 1.807) is 12.3 Å². The number of halogens is 1. The van der Waals surface area contributed by atoms with Crippen LogP contribution in [0, 0.1) is 0 Å². The van der Waals surface area contributed by atoms with E-state index in [0.717, 1.165) is 11.3 Å². The largest absolute Gasteiger partial charge is 0.465 e. The molecule has 15 heavy (non-hydrogen) atoms. The van der Waals surface area contributed by atoms with Crippen LogP contribution in [-0.2, 0) is 10.1 Å². The Hall–Kier alpha value is -0.900. The number of carbonyl (C=O) groups is 1. The summed E-state index contributed by atoms with van der Waals surface area (Å²) in [5, 5.41) is 0.650. The molecule has 1 fully saturated rings. The van der Waals surface area contributed by atoms with Gasteiger partial charge in [-0.3, -0.25) is 4.98 Å². The number of hydrogen-bond donors (Lipinski definition) is 0. The molecule has 1 heterocycles. The number of esters is 1. The summed E-state index contributed by atoms with van der Waals surface area (Å²) < 4.78 is 4.75.